The van der Waals surface area contributed by atoms with E-state index in [0.717, 1.165) is 0 Å². The van der Waals surface area contributed by atoms with Crippen LogP contribution in [0, 0.1) is 0 Å². The second kappa shape index (κ2) is 5.59. The number of nitrogens with zero attached hydrogens (tertiary/aromatic N) is 3. The van der Waals surface area contributed by atoms with Gasteiger partial charge in [0.15, 0.2) is 0 Å². The van der Waals surface area contributed by atoms with E-state index in [0.29, 0.717) is 0 Å². The standard InChI is InChI=1S/3C4H8N.Hf/c3*1-2-4-5-3-1;/h3*1-4H2;/q3*-1;+3. The van der Waals surface area contributed by atoms with Gasteiger partial charge < -0.3 is 0 Å². The van der Waals surface area contributed by atoms with Crippen LogP contribution in [0.25, 0.3) is 0 Å². The van der Waals surface area contributed by atoms with E-state index >= 15 is 0 Å². The Kier molecular flexibility index (Phi) is 4.13. The summed E-state index contributed by atoms with van der Waals surface area (Å²) in [6, 6.07) is 0. The van der Waals surface area contributed by atoms with Crippen LogP contribution >= 0.6 is 0 Å². The number of hydrogen-bond acceptors (Lipinski definition) is 3. The minimum absolute atomic E-state index is 1.43. The van der Waals surface area contributed by atoms with Crippen LogP contribution in [0.5, 0.6) is 0 Å². The van der Waals surface area contributed by atoms with E-state index < -0.39 is 22.3 Å². The molecular formula is C12H24HfN3. The molecule has 0 aliphatic carbocycles. The average Bonchev–Trinajstić information content (AvgIpc) is 3.02. The van der Waals surface area contributed by atoms with Crippen molar-refractivity contribution in [3.63, 3.8) is 0 Å². The molecule has 3 saturated heterocycles. The van der Waals surface area contributed by atoms with Crippen LogP contribution in [0.1, 0.15) is 38.5 Å². The minimum atomic E-state index is -1.72. The Morgan fingerprint density at radius 1 is 0.438 bits per heavy atom. The van der Waals surface area contributed by atoms with Crippen molar-refractivity contribution < 1.29 is 22.3 Å². The third kappa shape index (κ3) is 2.45. The Balaban J connectivity index is 1.70. The molecule has 3 fully saturated rings. The summed E-state index contributed by atoms with van der Waals surface area (Å²) in [7, 11) is 0. The molecule has 0 aromatic heterocycles. The summed E-state index contributed by atoms with van der Waals surface area (Å²) in [6.07, 6.45) is 8.81. The van der Waals surface area contributed by atoms with E-state index in [1.807, 2.05) is 0 Å². The van der Waals surface area contributed by atoms with Gasteiger partial charge in [0.1, 0.15) is 0 Å². The van der Waals surface area contributed by atoms with Crippen molar-refractivity contribution in [2.45, 2.75) is 38.5 Å². The Bertz CT molecular complexity index is 180. The van der Waals surface area contributed by atoms with Gasteiger partial charge in [-0.05, 0) is 0 Å². The van der Waals surface area contributed by atoms with Gasteiger partial charge in [0.25, 0.3) is 0 Å². The fourth-order valence-electron chi connectivity index (χ4n) is 3.35. The molecule has 0 unspecified atom stereocenters. The first-order valence-corrected chi connectivity index (χ1v) is 11.9. The van der Waals surface area contributed by atoms with Crippen LogP contribution in [0.4, 0.5) is 0 Å². The summed E-state index contributed by atoms with van der Waals surface area (Å²) in [6.45, 7) is 8.55. The maximum absolute atomic E-state index is 2.95. The summed E-state index contributed by atoms with van der Waals surface area (Å²) in [5.74, 6) is 0. The van der Waals surface area contributed by atoms with E-state index in [9.17, 15) is 0 Å². The van der Waals surface area contributed by atoms with Gasteiger partial charge in [-0.1, -0.05) is 0 Å². The van der Waals surface area contributed by atoms with Crippen LogP contribution in [0.15, 0.2) is 0 Å². The molecule has 0 atom stereocenters. The second-order valence-corrected chi connectivity index (χ2v) is 14.4. The van der Waals surface area contributed by atoms with E-state index in [1.165, 1.54) is 77.8 Å². The van der Waals surface area contributed by atoms with Crippen molar-refractivity contribution in [3.05, 3.63) is 0 Å². The molecular weight excluding hydrogens is 365 g/mol. The number of rotatable bonds is 3. The zero-order chi connectivity index (χ0) is 10.8. The molecule has 0 bridgehead atoms. The summed E-state index contributed by atoms with van der Waals surface area (Å²) in [5, 5.41) is 0. The van der Waals surface area contributed by atoms with E-state index in [1.54, 1.807) is 0 Å². The molecule has 3 nitrogen and oxygen atoms in total. The zero-order valence-electron chi connectivity index (χ0n) is 10.3. The van der Waals surface area contributed by atoms with Crippen LogP contribution in [0.3, 0.4) is 0 Å². The van der Waals surface area contributed by atoms with Crippen molar-refractivity contribution in [1.82, 2.24) is 8.66 Å². The van der Waals surface area contributed by atoms with Gasteiger partial charge in [-0.3, -0.25) is 0 Å². The molecule has 3 rings (SSSR count). The Hall–Kier alpha value is 0.750. The average molecular weight is 389 g/mol. The molecule has 0 aromatic carbocycles. The van der Waals surface area contributed by atoms with Crippen LogP contribution in [-0.4, -0.2) is 47.9 Å². The molecule has 3 heterocycles. The summed E-state index contributed by atoms with van der Waals surface area (Å²) in [5.41, 5.74) is 0. The van der Waals surface area contributed by atoms with Gasteiger partial charge in [0.05, 0.1) is 0 Å². The Labute approximate surface area is 108 Å². The third-order valence-electron chi connectivity index (χ3n) is 4.17. The van der Waals surface area contributed by atoms with Gasteiger partial charge in [-0.2, -0.15) is 0 Å². The second-order valence-electron chi connectivity index (χ2n) is 5.38. The van der Waals surface area contributed by atoms with Crippen molar-refractivity contribution >= 4 is 0 Å². The molecule has 3 aliphatic rings. The first-order chi connectivity index (χ1) is 7.95. The fourth-order valence-corrected chi connectivity index (χ4v) is 15.4. The quantitative estimate of drug-likeness (QED) is 0.681. The van der Waals surface area contributed by atoms with Crippen molar-refractivity contribution in [1.29, 1.82) is 0 Å². The normalized spacial score (nSPS) is 29.2. The fraction of sp³-hybridized carbons (Fsp3) is 1.00. The van der Waals surface area contributed by atoms with Crippen LogP contribution in [-0.2, 0) is 22.3 Å². The molecule has 0 aromatic rings. The molecule has 16 heavy (non-hydrogen) atoms. The summed E-state index contributed by atoms with van der Waals surface area (Å²) < 4.78 is 8.84. The predicted molar refractivity (Wildman–Crippen MR) is 62.4 cm³/mol. The Morgan fingerprint density at radius 3 is 0.938 bits per heavy atom. The van der Waals surface area contributed by atoms with Crippen molar-refractivity contribution in [2.24, 2.45) is 0 Å². The van der Waals surface area contributed by atoms with Gasteiger partial charge in [0.2, 0.25) is 0 Å². The Morgan fingerprint density at radius 2 is 0.688 bits per heavy atom. The van der Waals surface area contributed by atoms with E-state index in [2.05, 4.69) is 8.66 Å². The summed E-state index contributed by atoms with van der Waals surface area (Å²) >= 11 is -1.72. The molecule has 3 aliphatic heterocycles. The molecule has 91 valence electrons. The molecule has 0 spiro atoms. The van der Waals surface area contributed by atoms with E-state index in [-0.39, 0.29) is 0 Å². The molecule has 0 N–H and O–H groups in total. The van der Waals surface area contributed by atoms with Gasteiger partial charge >= 0.3 is 109 Å². The first-order valence-electron chi connectivity index (χ1n) is 7.07. The van der Waals surface area contributed by atoms with Crippen LogP contribution in [0.2, 0.25) is 0 Å². The van der Waals surface area contributed by atoms with Gasteiger partial charge in [-0.15, -0.1) is 0 Å². The number of hydrogen-bond donors (Lipinski definition) is 0. The van der Waals surface area contributed by atoms with Crippen LogP contribution < -0.4 is 0 Å². The monoisotopic (exact) mass is 390 g/mol. The third-order valence-corrected chi connectivity index (χ3v) is 15.1. The molecule has 0 saturated carbocycles. The van der Waals surface area contributed by atoms with E-state index in [4.69, 9.17) is 0 Å². The molecule has 0 radical (unpaired) electrons. The van der Waals surface area contributed by atoms with Gasteiger partial charge in [-0.25, -0.2) is 0 Å². The predicted octanol–water partition coefficient (Wildman–Crippen LogP) is 1.64. The zero-order valence-corrected chi connectivity index (χ0v) is 13.9. The molecule has 4 heteroatoms. The maximum atomic E-state index is 2.95. The summed E-state index contributed by atoms with van der Waals surface area (Å²) in [4.78, 5) is 0. The first kappa shape index (κ1) is 11.8. The SMILES string of the molecule is C1CC[N]([Hf]([N]2CCCC2)[N]2CCCC2)C1. The van der Waals surface area contributed by atoms with Crippen molar-refractivity contribution in [2.75, 3.05) is 39.3 Å². The topological polar surface area (TPSA) is 9.72 Å². The molecule has 0 amide bonds. The van der Waals surface area contributed by atoms with Crippen molar-refractivity contribution in [3.8, 4) is 0 Å². The van der Waals surface area contributed by atoms with Gasteiger partial charge in [0, 0.05) is 0 Å².